The van der Waals surface area contributed by atoms with E-state index in [0.29, 0.717) is 18.5 Å². The number of nitrogens with one attached hydrogen (secondary N) is 1. The van der Waals surface area contributed by atoms with Gasteiger partial charge in [0.2, 0.25) is 0 Å². The molecule has 19 heavy (non-hydrogen) atoms. The van der Waals surface area contributed by atoms with Gasteiger partial charge in [-0.1, -0.05) is 25.7 Å². The molecule has 1 aliphatic rings. The first kappa shape index (κ1) is 13.9. The minimum atomic E-state index is 0.499. The van der Waals surface area contributed by atoms with Crippen LogP contribution in [0.2, 0.25) is 0 Å². The molecule has 0 atom stereocenters. The van der Waals surface area contributed by atoms with Crippen LogP contribution < -0.4 is 11.1 Å². The Balaban J connectivity index is 1.81. The summed E-state index contributed by atoms with van der Waals surface area (Å²) in [6.45, 7) is 3.51. The molecule has 0 saturated heterocycles. The Labute approximate surface area is 115 Å². The van der Waals surface area contributed by atoms with E-state index in [-0.39, 0.29) is 0 Å². The van der Waals surface area contributed by atoms with Gasteiger partial charge in [-0.2, -0.15) is 5.10 Å². The van der Waals surface area contributed by atoms with Crippen LogP contribution in [0.25, 0.3) is 0 Å². The zero-order valence-corrected chi connectivity index (χ0v) is 11.8. The van der Waals surface area contributed by atoms with Crippen molar-refractivity contribution in [3.05, 3.63) is 18.0 Å². The number of aryl methyl sites for hydroxylation is 1. The van der Waals surface area contributed by atoms with Crippen molar-refractivity contribution in [2.24, 2.45) is 10.7 Å². The average molecular weight is 263 g/mol. The third-order valence-electron chi connectivity index (χ3n) is 3.64. The summed E-state index contributed by atoms with van der Waals surface area (Å²) < 4.78 is 1.90. The number of nitrogens with two attached hydrogens (primary N) is 1. The Hall–Kier alpha value is -1.52. The quantitative estimate of drug-likeness (QED) is 0.496. The molecule has 5 nitrogen and oxygen atoms in total. The molecular formula is C14H25N5. The monoisotopic (exact) mass is 263 g/mol. The number of aliphatic imine (C=N–C) groups is 1. The number of guanidine groups is 1. The second-order valence-electron chi connectivity index (χ2n) is 5.20. The zero-order valence-electron chi connectivity index (χ0n) is 11.8. The van der Waals surface area contributed by atoms with E-state index in [1.54, 1.807) is 0 Å². The molecule has 0 bridgehead atoms. The summed E-state index contributed by atoms with van der Waals surface area (Å²) >= 11 is 0. The SMILES string of the molecule is CCn1ccc(CN=C(N)NC2CCCCCC2)n1. The van der Waals surface area contributed by atoms with Gasteiger partial charge in [0.1, 0.15) is 0 Å². The molecule has 2 rings (SSSR count). The maximum Gasteiger partial charge on any atom is 0.189 e. The fraction of sp³-hybridized carbons (Fsp3) is 0.714. The van der Waals surface area contributed by atoms with Gasteiger partial charge in [-0.25, -0.2) is 4.99 Å². The molecule has 0 aromatic carbocycles. The van der Waals surface area contributed by atoms with Crippen molar-refractivity contribution in [3.63, 3.8) is 0 Å². The van der Waals surface area contributed by atoms with E-state index >= 15 is 0 Å². The van der Waals surface area contributed by atoms with Gasteiger partial charge in [0.15, 0.2) is 5.96 Å². The molecule has 5 heteroatoms. The van der Waals surface area contributed by atoms with E-state index in [2.05, 4.69) is 22.3 Å². The molecule has 1 saturated carbocycles. The third-order valence-corrected chi connectivity index (χ3v) is 3.64. The van der Waals surface area contributed by atoms with E-state index < -0.39 is 0 Å². The highest BCUT2D eigenvalue weighted by atomic mass is 15.3. The van der Waals surface area contributed by atoms with Gasteiger partial charge in [0, 0.05) is 18.8 Å². The summed E-state index contributed by atoms with van der Waals surface area (Å²) in [5, 5.41) is 7.73. The Morgan fingerprint density at radius 1 is 1.42 bits per heavy atom. The van der Waals surface area contributed by atoms with Crippen LogP contribution in [0.5, 0.6) is 0 Å². The lowest BCUT2D eigenvalue weighted by atomic mass is 10.1. The maximum absolute atomic E-state index is 5.95. The number of rotatable bonds is 4. The zero-order chi connectivity index (χ0) is 13.5. The van der Waals surface area contributed by atoms with Crippen molar-refractivity contribution in [3.8, 4) is 0 Å². The van der Waals surface area contributed by atoms with Crippen LogP contribution in [0.4, 0.5) is 0 Å². The molecule has 1 heterocycles. The lowest BCUT2D eigenvalue weighted by molar-refractivity contribution is 0.530. The highest BCUT2D eigenvalue weighted by molar-refractivity contribution is 5.78. The summed E-state index contributed by atoms with van der Waals surface area (Å²) in [7, 11) is 0. The Morgan fingerprint density at radius 2 is 2.16 bits per heavy atom. The highest BCUT2D eigenvalue weighted by Gasteiger charge is 2.12. The lowest BCUT2D eigenvalue weighted by Crippen LogP contribution is -2.39. The van der Waals surface area contributed by atoms with Gasteiger partial charge in [-0.3, -0.25) is 4.68 Å². The first-order valence-electron chi connectivity index (χ1n) is 7.36. The Morgan fingerprint density at radius 3 is 2.79 bits per heavy atom. The largest absolute Gasteiger partial charge is 0.370 e. The van der Waals surface area contributed by atoms with E-state index in [1.165, 1.54) is 38.5 Å². The smallest absolute Gasteiger partial charge is 0.189 e. The predicted octanol–water partition coefficient (Wildman–Crippen LogP) is 2.03. The number of hydrogen-bond acceptors (Lipinski definition) is 2. The molecule has 1 aromatic heterocycles. The fourth-order valence-electron chi connectivity index (χ4n) is 2.51. The average Bonchev–Trinajstić information content (AvgIpc) is 2.73. The van der Waals surface area contributed by atoms with Crippen molar-refractivity contribution in [1.29, 1.82) is 0 Å². The van der Waals surface area contributed by atoms with Crippen molar-refractivity contribution in [1.82, 2.24) is 15.1 Å². The van der Waals surface area contributed by atoms with E-state index in [4.69, 9.17) is 5.73 Å². The molecule has 1 fully saturated rings. The summed E-state index contributed by atoms with van der Waals surface area (Å²) in [6.07, 6.45) is 9.69. The molecule has 0 amide bonds. The van der Waals surface area contributed by atoms with Crippen molar-refractivity contribution >= 4 is 5.96 Å². The van der Waals surface area contributed by atoms with E-state index in [1.807, 2.05) is 16.9 Å². The minimum absolute atomic E-state index is 0.499. The standard InChI is InChI=1S/C14H25N5/c1-2-19-10-9-13(18-19)11-16-14(15)17-12-7-5-3-4-6-8-12/h9-10,12H,2-8,11H2,1H3,(H3,15,16,17). The second-order valence-corrected chi connectivity index (χ2v) is 5.20. The van der Waals surface area contributed by atoms with Crippen LogP contribution >= 0.6 is 0 Å². The molecule has 3 N–H and O–H groups in total. The van der Waals surface area contributed by atoms with E-state index in [9.17, 15) is 0 Å². The number of aromatic nitrogens is 2. The molecule has 0 unspecified atom stereocenters. The first-order valence-corrected chi connectivity index (χ1v) is 7.36. The van der Waals surface area contributed by atoms with Gasteiger partial charge < -0.3 is 11.1 Å². The molecular weight excluding hydrogens is 238 g/mol. The predicted molar refractivity (Wildman–Crippen MR) is 77.9 cm³/mol. The van der Waals surface area contributed by atoms with Crippen molar-refractivity contribution in [2.75, 3.05) is 0 Å². The van der Waals surface area contributed by atoms with Gasteiger partial charge in [-0.05, 0) is 25.8 Å². The summed E-state index contributed by atoms with van der Waals surface area (Å²) in [5.41, 5.74) is 6.91. The first-order chi connectivity index (χ1) is 9.28. The lowest BCUT2D eigenvalue weighted by Gasteiger charge is -2.16. The van der Waals surface area contributed by atoms with Gasteiger partial charge in [0.25, 0.3) is 0 Å². The molecule has 106 valence electrons. The van der Waals surface area contributed by atoms with Crippen molar-refractivity contribution in [2.45, 2.75) is 64.6 Å². The van der Waals surface area contributed by atoms with Crippen LogP contribution in [-0.4, -0.2) is 21.8 Å². The van der Waals surface area contributed by atoms with Crippen molar-refractivity contribution < 1.29 is 0 Å². The summed E-state index contributed by atoms with van der Waals surface area (Å²) in [4.78, 5) is 4.37. The van der Waals surface area contributed by atoms with Crippen LogP contribution in [0.1, 0.15) is 51.1 Å². The molecule has 0 radical (unpaired) electrons. The summed E-state index contributed by atoms with van der Waals surface area (Å²) in [5.74, 6) is 0.554. The molecule has 1 aromatic rings. The maximum atomic E-state index is 5.95. The highest BCUT2D eigenvalue weighted by Crippen LogP contribution is 2.16. The second kappa shape index (κ2) is 7.16. The van der Waals surface area contributed by atoms with Gasteiger partial charge >= 0.3 is 0 Å². The van der Waals surface area contributed by atoms with Crippen LogP contribution in [0.15, 0.2) is 17.3 Å². The van der Waals surface area contributed by atoms with Crippen LogP contribution in [-0.2, 0) is 13.1 Å². The fourth-order valence-corrected chi connectivity index (χ4v) is 2.51. The molecule has 0 aliphatic heterocycles. The summed E-state index contributed by atoms with van der Waals surface area (Å²) in [6, 6.07) is 2.49. The molecule has 1 aliphatic carbocycles. The topological polar surface area (TPSA) is 68.2 Å². The molecule has 0 spiro atoms. The Bertz CT molecular complexity index is 402. The minimum Gasteiger partial charge on any atom is -0.370 e. The van der Waals surface area contributed by atoms with E-state index in [0.717, 1.165) is 12.2 Å². The Kier molecular flexibility index (Phi) is 5.24. The van der Waals surface area contributed by atoms with Gasteiger partial charge in [0.05, 0.1) is 12.2 Å². The third kappa shape index (κ3) is 4.58. The normalized spacial score (nSPS) is 18.3. The number of nitrogens with zero attached hydrogens (tertiary/aromatic N) is 3. The number of hydrogen-bond donors (Lipinski definition) is 2. The van der Waals surface area contributed by atoms with Crippen LogP contribution in [0.3, 0.4) is 0 Å². The van der Waals surface area contributed by atoms with Gasteiger partial charge in [-0.15, -0.1) is 0 Å². The van der Waals surface area contributed by atoms with Crippen LogP contribution in [0, 0.1) is 0 Å².